The molecule has 3 nitrogen and oxygen atoms in total. The molecule has 1 aromatic heterocycles. The molecular weight excluding hydrogens is 258 g/mol. The lowest BCUT2D eigenvalue weighted by Gasteiger charge is -2.22. The Kier molecular flexibility index (Phi) is 7.02. The number of anilines is 1. The molecule has 0 bridgehead atoms. The zero-order valence-electron chi connectivity index (χ0n) is 13.2. The van der Waals surface area contributed by atoms with Crippen molar-refractivity contribution in [2.75, 3.05) is 4.90 Å². The van der Waals surface area contributed by atoms with E-state index in [2.05, 4.69) is 55.3 Å². The van der Waals surface area contributed by atoms with Crippen LogP contribution >= 0.6 is 0 Å². The SMILES string of the molecule is C=C/C=C/C=C\c1cc(N(/C=C/CC)C(C)C=C)nn1C. The molecule has 1 rings (SSSR count). The first-order valence-electron chi connectivity index (χ1n) is 7.21. The fourth-order valence-electron chi connectivity index (χ4n) is 1.80. The van der Waals surface area contributed by atoms with E-state index < -0.39 is 0 Å². The van der Waals surface area contributed by atoms with Crippen LogP contribution in [0, 0.1) is 0 Å². The van der Waals surface area contributed by atoms with Crippen LogP contribution in [0.2, 0.25) is 0 Å². The van der Waals surface area contributed by atoms with E-state index >= 15 is 0 Å². The highest BCUT2D eigenvalue weighted by Gasteiger charge is 2.13. The van der Waals surface area contributed by atoms with Crippen molar-refractivity contribution in [3.63, 3.8) is 0 Å². The van der Waals surface area contributed by atoms with Gasteiger partial charge in [-0.1, -0.05) is 50.0 Å². The van der Waals surface area contributed by atoms with Gasteiger partial charge in [0.1, 0.15) is 0 Å². The van der Waals surface area contributed by atoms with Crippen molar-refractivity contribution in [1.29, 1.82) is 0 Å². The number of nitrogens with zero attached hydrogens (tertiary/aromatic N) is 3. The maximum atomic E-state index is 4.58. The summed E-state index contributed by atoms with van der Waals surface area (Å²) in [6.45, 7) is 11.7. The first-order chi connectivity index (χ1) is 10.1. The lowest BCUT2D eigenvalue weighted by molar-refractivity contribution is 0.740. The molecule has 0 fully saturated rings. The molecule has 0 saturated heterocycles. The molecule has 0 spiro atoms. The molecule has 0 aliphatic heterocycles. The zero-order chi connectivity index (χ0) is 15.7. The van der Waals surface area contributed by atoms with Crippen LogP contribution in [0.4, 0.5) is 5.82 Å². The Labute approximate surface area is 128 Å². The maximum absolute atomic E-state index is 4.58. The quantitative estimate of drug-likeness (QED) is 0.518. The van der Waals surface area contributed by atoms with Crippen LogP contribution in [-0.2, 0) is 7.05 Å². The Morgan fingerprint density at radius 2 is 2.10 bits per heavy atom. The standard InChI is InChI=1S/C18H25N3/c1-6-9-11-12-13-17-15-18(19-20(17)5)21(14-10-7-2)16(4)8-3/h6,8-16H,1,3,7H2,2,4-5H3/b11-9+,13-12-,14-10+. The monoisotopic (exact) mass is 283 g/mol. The number of aryl methyl sites for hydroxylation is 1. The van der Waals surface area contributed by atoms with Crippen LogP contribution in [0.25, 0.3) is 6.08 Å². The Morgan fingerprint density at radius 3 is 2.71 bits per heavy atom. The van der Waals surface area contributed by atoms with E-state index in [1.807, 2.05) is 42.1 Å². The van der Waals surface area contributed by atoms with E-state index in [1.54, 1.807) is 6.08 Å². The van der Waals surface area contributed by atoms with Crippen LogP contribution in [0.5, 0.6) is 0 Å². The van der Waals surface area contributed by atoms with E-state index in [0.29, 0.717) is 0 Å². The van der Waals surface area contributed by atoms with E-state index in [1.165, 1.54) is 0 Å². The van der Waals surface area contributed by atoms with Crippen molar-refractivity contribution >= 4 is 11.9 Å². The molecule has 0 aliphatic rings. The van der Waals surface area contributed by atoms with Crippen molar-refractivity contribution < 1.29 is 0 Å². The minimum Gasteiger partial charge on any atom is -0.325 e. The maximum Gasteiger partial charge on any atom is 0.155 e. The summed E-state index contributed by atoms with van der Waals surface area (Å²) in [6, 6.07) is 2.26. The van der Waals surface area contributed by atoms with Crippen molar-refractivity contribution in [2.24, 2.45) is 7.05 Å². The van der Waals surface area contributed by atoms with Gasteiger partial charge < -0.3 is 4.90 Å². The van der Waals surface area contributed by atoms with Crippen LogP contribution in [0.15, 0.2) is 61.9 Å². The molecule has 0 aliphatic carbocycles. The summed E-state index contributed by atoms with van der Waals surface area (Å²) in [5.41, 5.74) is 1.05. The first-order valence-corrected chi connectivity index (χ1v) is 7.21. The summed E-state index contributed by atoms with van der Waals surface area (Å²) in [5.74, 6) is 0.918. The smallest absolute Gasteiger partial charge is 0.155 e. The number of aromatic nitrogens is 2. The largest absolute Gasteiger partial charge is 0.325 e. The molecule has 0 N–H and O–H groups in total. The minimum absolute atomic E-state index is 0.195. The molecule has 1 aromatic rings. The third-order valence-electron chi connectivity index (χ3n) is 3.07. The average Bonchev–Trinajstić information content (AvgIpc) is 2.84. The van der Waals surface area contributed by atoms with Gasteiger partial charge in [0, 0.05) is 25.4 Å². The molecule has 0 amide bonds. The Hall–Kier alpha value is -2.29. The molecule has 1 atom stereocenters. The molecule has 0 radical (unpaired) electrons. The second-order valence-electron chi connectivity index (χ2n) is 4.71. The number of hydrogen-bond donors (Lipinski definition) is 0. The molecule has 0 aromatic carbocycles. The minimum atomic E-state index is 0.195. The van der Waals surface area contributed by atoms with Gasteiger partial charge >= 0.3 is 0 Å². The molecule has 1 unspecified atom stereocenters. The zero-order valence-corrected chi connectivity index (χ0v) is 13.2. The average molecular weight is 283 g/mol. The Morgan fingerprint density at radius 1 is 1.33 bits per heavy atom. The summed E-state index contributed by atoms with van der Waals surface area (Å²) >= 11 is 0. The predicted octanol–water partition coefficient (Wildman–Crippen LogP) is 4.48. The Bertz CT molecular complexity index is 547. The number of rotatable bonds is 8. The van der Waals surface area contributed by atoms with E-state index in [-0.39, 0.29) is 6.04 Å². The second-order valence-corrected chi connectivity index (χ2v) is 4.71. The van der Waals surface area contributed by atoms with Crippen molar-refractivity contribution in [3.05, 3.63) is 67.6 Å². The fourth-order valence-corrected chi connectivity index (χ4v) is 1.80. The van der Waals surface area contributed by atoms with Gasteiger partial charge in [0.05, 0.1) is 5.69 Å². The summed E-state index contributed by atoms with van der Waals surface area (Å²) in [7, 11) is 1.95. The summed E-state index contributed by atoms with van der Waals surface area (Å²) in [5, 5.41) is 4.58. The lowest BCUT2D eigenvalue weighted by atomic mass is 10.2. The van der Waals surface area contributed by atoms with Gasteiger partial charge in [-0.3, -0.25) is 4.68 Å². The molecule has 1 heterocycles. The van der Waals surface area contributed by atoms with Crippen molar-refractivity contribution in [2.45, 2.75) is 26.3 Å². The van der Waals surface area contributed by atoms with Crippen LogP contribution in [-0.4, -0.2) is 15.8 Å². The highest BCUT2D eigenvalue weighted by Crippen LogP contribution is 2.19. The highest BCUT2D eigenvalue weighted by molar-refractivity contribution is 5.55. The number of allylic oxidation sites excluding steroid dienone is 5. The van der Waals surface area contributed by atoms with Gasteiger partial charge in [-0.15, -0.1) is 6.58 Å². The molecule has 21 heavy (non-hydrogen) atoms. The van der Waals surface area contributed by atoms with Gasteiger partial charge in [-0.2, -0.15) is 5.10 Å². The summed E-state index contributed by atoms with van der Waals surface area (Å²) in [6.07, 6.45) is 16.7. The molecular formula is C18H25N3. The van der Waals surface area contributed by atoms with Gasteiger partial charge in [-0.05, 0) is 19.4 Å². The van der Waals surface area contributed by atoms with Gasteiger partial charge in [0.15, 0.2) is 5.82 Å². The third kappa shape index (κ3) is 4.95. The van der Waals surface area contributed by atoms with Gasteiger partial charge in [0.25, 0.3) is 0 Å². The van der Waals surface area contributed by atoms with Crippen LogP contribution < -0.4 is 4.90 Å². The summed E-state index contributed by atoms with van der Waals surface area (Å²) < 4.78 is 1.87. The van der Waals surface area contributed by atoms with Crippen molar-refractivity contribution in [1.82, 2.24) is 9.78 Å². The van der Waals surface area contributed by atoms with Gasteiger partial charge in [0.2, 0.25) is 0 Å². The predicted molar refractivity (Wildman–Crippen MR) is 93.1 cm³/mol. The highest BCUT2D eigenvalue weighted by atomic mass is 15.3. The lowest BCUT2D eigenvalue weighted by Crippen LogP contribution is -2.26. The second kappa shape index (κ2) is 8.80. The van der Waals surface area contributed by atoms with Gasteiger partial charge in [-0.25, -0.2) is 0 Å². The van der Waals surface area contributed by atoms with Crippen LogP contribution in [0.1, 0.15) is 26.0 Å². The summed E-state index contributed by atoms with van der Waals surface area (Å²) in [4.78, 5) is 2.12. The van der Waals surface area contributed by atoms with E-state index in [4.69, 9.17) is 0 Å². The third-order valence-corrected chi connectivity index (χ3v) is 3.07. The molecule has 3 heteroatoms. The van der Waals surface area contributed by atoms with E-state index in [9.17, 15) is 0 Å². The first kappa shape index (κ1) is 16.8. The fraction of sp³-hybridized carbons (Fsp3) is 0.278. The van der Waals surface area contributed by atoms with Crippen molar-refractivity contribution in [3.8, 4) is 0 Å². The topological polar surface area (TPSA) is 21.1 Å². The molecule has 112 valence electrons. The Balaban J connectivity index is 3.03. The molecule has 0 saturated carbocycles. The number of hydrogen-bond acceptors (Lipinski definition) is 2. The van der Waals surface area contributed by atoms with E-state index in [0.717, 1.165) is 17.9 Å². The normalized spacial score (nSPS) is 13.3. The van der Waals surface area contributed by atoms with Crippen LogP contribution in [0.3, 0.4) is 0 Å².